The summed E-state index contributed by atoms with van der Waals surface area (Å²) < 4.78 is 25.2. The Hall–Kier alpha value is -0.880. The van der Waals surface area contributed by atoms with E-state index >= 15 is 0 Å². The predicted octanol–water partition coefficient (Wildman–Crippen LogP) is 0.793. The second-order valence-electron chi connectivity index (χ2n) is 2.42. The van der Waals surface area contributed by atoms with E-state index in [0.717, 1.165) is 11.1 Å². The van der Waals surface area contributed by atoms with E-state index < -0.39 is 16.1 Å². The first-order valence-corrected chi connectivity index (χ1v) is 6.11. The summed E-state index contributed by atoms with van der Waals surface area (Å²) in [5.41, 5.74) is 0. The highest BCUT2D eigenvalue weighted by Gasteiger charge is 2.11. The third kappa shape index (κ3) is 4.05. The Morgan fingerprint density at radius 1 is 1.62 bits per heavy atom. The summed E-state index contributed by atoms with van der Waals surface area (Å²) in [7, 11) is -3.67. The molecule has 0 amide bonds. The maximum Gasteiger partial charge on any atom is 0.327 e. The molecule has 0 fully saturated rings. The highest BCUT2D eigenvalue weighted by Crippen LogP contribution is 2.10. The first-order valence-electron chi connectivity index (χ1n) is 3.42. The first-order chi connectivity index (χ1) is 5.97. The lowest BCUT2D eigenvalue weighted by Gasteiger charge is -1.98. The number of carbonyl (C=O) groups excluding carboxylic acids is 1. The van der Waals surface area contributed by atoms with E-state index in [1.165, 1.54) is 11.3 Å². The Morgan fingerprint density at radius 2 is 2.31 bits per heavy atom. The standard InChI is InChI=1S/C7H8O4S2/c1-13(9,10)11-7(8)5-6-3-2-4-12-6/h2-4H,5H2,1H3. The van der Waals surface area contributed by atoms with Crippen molar-refractivity contribution in [2.24, 2.45) is 0 Å². The van der Waals surface area contributed by atoms with Crippen molar-refractivity contribution in [2.75, 3.05) is 6.26 Å². The smallest absolute Gasteiger partial charge is 0.327 e. The molecular formula is C7H8O4S2. The molecule has 0 bridgehead atoms. The average Bonchev–Trinajstić information content (AvgIpc) is 2.34. The van der Waals surface area contributed by atoms with Crippen LogP contribution in [-0.2, 0) is 25.5 Å². The van der Waals surface area contributed by atoms with Crippen LogP contribution in [0.1, 0.15) is 4.88 Å². The lowest BCUT2D eigenvalue weighted by molar-refractivity contribution is -0.132. The fourth-order valence-electron chi connectivity index (χ4n) is 0.754. The van der Waals surface area contributed by atoms with Crippen molar-refractivity contribution in [3.8, 4) is 0 Å². The van der Waals surface area contributed by atoms with E-state index in [2.05, 4.69) is 4.18 Å². The zero-order valence-corrected chi connectivity index (χ0v) is 8.52. The van der Waals surface area contributed by atoms with Gasteiger partial charge in [0, 0.05) is 4.88 Å². The Bertz CT molecular complexity index is 377. The van der Waals surface area contributed by atoms with Gasteiger partial charge in [0.15, 0.2) is 0 Å². The summed E-state index contributed by atoms with van der Waals surface area (Å²) in [5.74, 6) is -0.745. The summed E-state index contributed by atoms with van der Waals surface area (Å²) in [5, 5.41) is 1.81. The van der Waals surface area contributed by atoms with Gasteiger partial charge in [0.25, 0.3) is 0 Å². The van der Waals surface area contributed by atoms with E-state index in [1.807, 2.05) is 5.38 Å². The van der Waals surface area contributed by atoms with Crippen molar-refractivity contribution in [3.05, 3.63) is 22.4 Å². The molecule has 13 heavy (non-hydrogen) atoms. The molecule has 4 nitrogen and oxygen atoms in total. The lowest BCUT2D eigenvalue weighted by atomic mass is 10.3. The number of hydrogen-bond donors (Lipinski definition) is 0. The van der Waals surface area contributed by atoms with Gasteiger partial charge in [-0.2, -0.15) is 8.42 Å². The highest BCUT2D eigenvalue weighted by molar-refractivity contribution is 7.86. The zero-order chi connectivity index (χ0) is 9.90. The zero-order valence-electron chi connectivity index (χ0n) is 6.89. The molecule has 0 aromatic carbocycles. The monoisotopic (exact) mass is 220 g/mol. The molecule has 0 aliphatic heterocycles. The third-order valence-electron chi connectivity index (χ3n) is 1.14. The molecule has 1 aromatic rings. The average molecular weight is 220 g/mol. The molecule has 0 spiro atoms. The van der Waals surface area contributed by atoms with Crippen molar-refractivity contribution in [1.29, 1.82) is 0 Å². The van der Waals surface area contributed by atoms with E-state index in [4.69, 9.17) is 0 Å². The Morgan fingerprint density at radius 3 is 2.77 bits per heavy atom. The van der Waals surface area contributed by atoms with Crippen LogP contribution < -0.4 is 0 Å². The minimum atomic E-state index is -3.67. The molecule has 0 unspecified atom stereocenters. The molecule has 0 radical (unpaired) electrons. The van der Waals surface area contributed by atoms with Gasteiger partial charge in [0.2, 0.25) is 0 Å². The van der Waals surface area contributed by atoms with Crippen LogP contribution >= 0.6 is 11.3 Å². The van der Waals surface area contributed by atoms with Crippen LogP contribution in [0.15, 0.2) is 17.5 Å². The summed E-state index contributed by atoms with van der Waals surface area (Å²) in [6, 6.07) is 3.53. The molecule has 0 aliphatic carbocycles. The van der Waals surface area contributed by atoms with Crippen molar-refractivity contribution >= 4 is 27.4 Å². The van der Waals surface area contributed by atoms with Gasteiger partial charge < -0.3 is 4.18 Å². The minimum Gasteiger partial charge on any atom is -0.345 e. The molecular weight excluding hydrogens is 212 g/mol. The van der Waals surface area contributed by atoms with E-state index in [1.54, 1.807) is 12.1 Å². The van der Waals surface area contributed by atoms with Gasteiger partial charge in [-0.15, -0.1) is 11.3 Å². The Balaban J connectivity index is 2.53. The minimum absolute atomic E-state index is 0.00470. The van der Waals surface area contributed by atoms with Crippen LogP contribution in [0.5, 0.6) is 0 Å². The summed E-state index contributed by atoms with van der Waals surface area (Å²) >= 11 is 1.38. The van der Waals surface area contributed by atoms with Crippen LogP contribution in [0, 0.1) is 0 Å². The van der Waals surface area contributed by atoms with E-state index in [-0.39, 0.29) is 6.42 Å². The van der Waals surface area contributed by atoms with Crippen LogP contribution in [0.4, 0.5) is 0 Å². The topological polar surface area (TPSA) is 60.4 Å². The SMILES string of the molecule is CS(=O)(=O)OC(=O)Cc1cccs1. The summed E-state index contributed by atoms with van der Waals surface area (Å²) in [6.07, 6.45) is 0.851. The second kappa shape index (κ2) is 3.89. The Kier molecular flexibility index (Phi) is 3.05. The van der Waals surface area contributed by atoms with Gasteiger partial charge in [0.05, 0.1) is 12.7 Å². The molecule has 72 valence electrons. The number of carbonyl (C=O) groups is 1. The maximum absolute atomic E-state index is 10.9. The van der Waals surface area contributed by atoms with Gasteiger partial charge in [-0.05, 0) is 11.4 Å². The van der Waals surface area contributed by atoms with Gasteiger partial charge in [-0.3, -0.25) is 4.79 Å². The van der Waals surface area contributed by atoms with Crippen LogP contribution in [-0.4, -0.2) is 20.6 Å². The fourth-order valence-corrected chi connectivity index (χ4v) is 1.84. The van der Waals surface area contributed by atoms with Crippen LogP contribution in [0.2, 0.25) is 0 Å². The molecule has 0 saturated carbocycles. The molecule has 1 rings (SSSR count). The fraction of sp³-hybridized carbons (Fsp3) is 0.286. The summed E-state index contributed by atoms with van der Waals surface area (Å²) in [4.78, 5) is 11.7. The van der Waals surface area contributed by atoms with Crippen molar-refractivity contribution < 1.29 is 17.4 Å². The molecule has 1 heterocycles. The largest absolute Gasteiger partial charge is 0.345 e. The molecule has 0 aliphatic rings. The maximum atomic E-state index is 10.9. The number of rotatable bonds is 3. The summed E-state index contributed by atoms with van der Waals surface area (Å²) in [6.45, 7) is 0. The Labute approximate surface area is 80.3 Å². The van der Waals surface area contributed by atoms with Gasteiger partial charge >= 0.3 is 16.1 Å². The first kappa shape index (κ1) is 10.2. The van der Waals surface area contributed by atoms with Gasteiger partial charge in [-0.25, -0.2) is 0 Å². The van der Waals surface area contributed by atoms with Crippen molar-refractivity contribution in [3.63, 3.8) is 0 Å². The molecule has 0 saturated heterocycles. The van der Waals surface area contributed by atoms with Crippen molar-refractivity contribution in [2.45, 2.75) is 6.42 Å². The van der Waals surface area contributed by atoms with Crippen LogP contribution in [0.3, 0.4) is 0 Å². The number of hydrogen-bond acceptors (Lipinski definition) is 5. The molecule has 1 aromatic heterocycles. The molecule has 6 heteroatoms. The molecule has 0 atom stereocenters. The highest BCUT2D eigenvalue weighted by atomic mass is 32.2. The predicted molar refractivity (Wildman–Crippen MR) is 49.0 cm³/mol. The normalized spacial score (nSPS) is 11.2. The third-order valence-corrected chi connectivity index (χ3v) is 2.51. The quantitative estimate of drug-likeness (QED) is 0.707. The second-order valence-corrected chi connectivity index (χ2v) is 5.02. The lowest BCUT2D eigenvalue weighted by Crippen LogP contribution is -2.12. The van der Waals surface area contributed by atoms with Crippen LogP contribution in [0.25, 0.3) is 0 Å². The van der Waals surface area contributed by atoms with Gasteiger partial charge in [-0.1, -0.05) is 6.07 Å². The van der Waals surface area contributed by atoms with Gasteiger partial charge in [0.1, 0.15) is 0 Å². The van der Waals surface area contributed by atoms with E-state index in [0.29, 0.717) is 0 Å². The van der Waals surface area contributed by atoms with Crippen molar-refractivity contribution in [1.82, 2.24) is 0 Å². The van der Waals surface area contributed by atoms with E-state index in [9.17, 15) is 13.2 Å². The number of thiophene rings is 1. The molecule has 0 N–H and O–H groups in total.